The van der Waals surface area contributed by atoms with E-state index in [4.69, 9.17) is 0 Å². The number of aromatic nitrogens is 3. The van der Waals surface area contributed by atoms with Crippen molar-refractivity contribution in [2.45, 2.75) is 25.1 Å². The zero-order valence-electron chi connectivity index (χ0n) is 15.3. The predicted molar refractivity (Wildman–Crippen MR) is 97.1 cm³/mol. The molecule has 0 amide bonds. The second-order valence-corrected chi connectivity index (χ2v) is 8.30. The highest BCUT2D eigenvalue weighted by atomic mass is 32.2. The summed E-state index contributed by atoms with van der Waals surface area (Å²) in [6.07, 6.45) is -2.23. The van der Waals surface area contributed by atoms with Crippen LogP contribution >= 0.6 is 0 Å². The van der Waals surface area contributed by atoms with Crippen molar-refractivity contribution < 1.29 is 31.1 Å². The maximum atomic E-state index is 12.4. The molecule has 2 aromatic heterocycles. The van der Waals surface area contributed by atoms with Crippen molar-refractivity contribution in [2.75, 3.05) is 5.75 Å². The van der Waals surface area contributed by atoms with E-state index in [0.29, 0.717) is 21.6 Å². The highest BCUT2D eigenvalue weighted by Gasteiger charge is 2.31. The van der Waals surface area contributed by atoms with Gasteiger partial charge in [0.25, 0.3) is 0 Å². The summed E-state index contributed by atoms with van der Waals surface area (Å²) in [5.74, 6) is -0.740. The first-order valence-electron chi connectivity index (χ1n) is 8.39. The molecule has 7 nitrogen and oxygen atoms in total. The molecule has 0 radical (unpaired) electrons. The lowest BCUT2D eigenvalue weighted by Gasteiger charge is -2.12. The van der Waals surface area contributed by atoms with E-state index < -0.39 is 16.2 Å². The topological polar surface area (TPSA) is 88.1 Å². The molecule has 1 aromatic carbocycles. The zero-order chi connectivity index (χ0) is 21.4. The first-order chi connectivity index (χ1) is 13.5. The minimum atomic E-state index is -4.79. The van der Waals surface area contributed by atoms with Crippen LogP contribution in [0.25, 0.3) is 16.9 Å². The van der Waals surface area contributed by atoms with Gasteiger partial charge in [-0.25, -0.2) is 13.1 Å². The van der Waals surface area contributed by atoms with Crippen LogP contribution in [-0.2, 0) is 9.84 Å². The van der Waals surface area contributed by atoms with Gasteiger partial charge in [-0.15, -0.1) is 13.2 Å². The maximum Gasteiger partial charge on any atom is 0.573 e. The molecule has 0 spiro atoms. The number of halogens is 3. The predicted octanol–water partition coefficient (Wildman–Crippen LogP) is 3.17. The molecule has 0 atom stereocenters. The third-order valence-corrected chi connectivity index (χ3v) is 5.97. The van der Waals surface area contributed by atoms with E-state index in [1.165, 1.54) is 42.1 Å². The second-order valence-electron chi connectivity index (χ2n) is 6.05. The largest absolute Gasteiger partial charge is 0.711 e. The highest BCUT2D eigenvalue weighted by Crippen LogP contribution is 2.29. The molecule has 0 aliphatic carbocycles. The van der Waals surface area contributed by atoms with Gasteiger partial charge in [0.15, 0.2) is 14.7 Å². The summed E-state index contributed by atoms with van der Waals surface area (Å²) in [7, 11) is -3.70. The molecule has 11 heteroatoms. The Hall–Kier alpha value is -3.08. The minimum absolute atomic E-state index is 0.163. The number of alkyl halides is 3. The standard InChI is InChI=1S/C18H16F3N3O4S/c1-3-29(26,27)16-5-4-10-23(25)17(16)24-12(2)15(11-22-24)13-6-8-14(9-7-13)28-18(19,20)21/h4-11H,3H2,1-2H3. The van der Waals surface area contributed by atoms with Crippen molar-refractivity contribution in [3.63, 3.8) is 0 Å². The van der Waals surface area contributed by atoms with Crippen LogP contribution in [0.2, 0.25) is 0 Å². The van der Waals surface area contributed by atoms with Gasteiger partial charge in [-0.05, 0) is 29.8 Å². The van der Waals surface area contributed by atoms with Crippen molar-refractivity contribution in [3.8, 4) is 22.7 Å². The minimum Gasteiger partial charge on any atom is -0.711 e. The Bertz CT molecular complexity index is 1140. The number of sulfone groups is 1. The molecule has 0 saturated heterocycles. The van der Waals surface area contributed by atoms with Gasteiger partial charge in [-0.1, -0.05) is 28.8 Å². The van der Waals surface area contributed by atoms with Crippen molar-refractivity contribution in [1.29, 1.82) is 0 Å². The number of benzene rings is 1. The summed E-state index contributed by atoms with van der Waals surface area (Å²) in [4.78, 5) is -0.163. The van der Waals surface area contributed by atoms with Gasteiger partial charge in [0.1, 0.15) is 11.4 Å². The van der Waals surface area contributed by atoms with Crippen LogP contribution in [0.15, 0.2) is 53.7 Å². The number of hydrogen-bond acceptors (Lipinski definition) is 5. The van der Waals surface area contributed by atoms with Gasteiger partial charge in [0.05, 0.1) is 18.1 Å². The Morgan fingerprint density at radius 3 is 2.45 bits per heavy atom. The number of ether oxygens (including phenoxy) is 1. The fraction of sp³-hybridized carbons (Fsp3) is 0.222. The summed E-state index contributed by atoms with van der Waals surface area (Å²) in [5.41, 5.74) is 1.49. The average Bonchev–Trinajstić information content (AvgIpc) is 3.02. The summed E-state index contributed by atoms with van der Waals surface area (Å²) >= 11 is 0. The van der Waals surface area contributed by atoms with E-state index in [1.54, 1.807) is 6.92 Å². The Kier molecular flexibility index (Phi) is 5.26. The summed E-state index contributed by atoms with van der Waals surface area (Å²) < 4.78 is 67.1. The van der Waals surface area contributed by atoms with Crippen molar-refractivity contribution in [3.05, 3.63) is 59.7 Å². The molecule has 29 heavy (non-hydrogen) atoms. The monoisotopic (exact) mass is 427 g/mol. The van der Waals surface area contributed by atoms with Crippen LogP contribution in [0.4, 0.5) is 13.2 Å². The van der Waals surface area contributed by atoms with Crippen LogP contribution in [-0.4, -0.2) is 30.3 Å². The van der Waals surface area contributed by atoms with E-state index >= 15 is 0 Å². The Morgan fingerprint density at radius 2 is 1.86 bits per heavy atom. The molecule has 0 N–H and O–H groups in total. The van der Waals surface area contributed by atoms with Crippen LogP contribution in [0.3, 0.4) is 0 Å². The molecule has 3 aromatic rings. The molecule has 0 fully saturated rings. The Balaban J connectivity index is 2.06. The Labute approximate surface area is 164 Å². The maximum absolute atomic E-state index is 12.4. The van der Waals surface area contributed by atoms with Gasteiger partial charge < -0.3 is 9.94 Å². The van der Waals surface area contributed by atoms with Gasteiger partial charge in [0, 0.05) is 12.5 Å². The third kappa shape index (κ3) is 4.19. The normalized spacial score (nSPS) is 12.2. The summed E-state index contributed by atoms with van der Waals surface area (Å²) in [6.45, 7) is 3.09. The number of nitrogens with zero attached hydrogens (tertiary/aromatic N) is 3. The SMILES string of the molecule is CCS(=O)(=O)c1ccc[n+]([O-])c1-n1ncc(-c2ccc(OC(F)(F)F)cc2)c1C. The van der Waals surface area contributed by atoms with Crippen molar-refractivity contribution >= 4 is 9.84 Å². The molecule has 3 rings (SSSR count). The van der Waals surface area contributed by atoms with E-state index in [1.807, 2.05) is 0 Å². The first-order valence-corrected chi connectivity index (χ1v) is 10.0. The summed E-state index contributed by atoms with van der Waals surface area (Å²) in [5, 5.41) is 16.5. The van der Waals surface area contributed by atoms with Crippen LogP contribution < -0.4 is 9.47 Å². The van der Waals surface area contributed by atoms with E-state index in [-0.39, 0.29) is 22.2 Å². The van der Waals surface area contributed by atoms with Crippen LogP contribution in [0.5, 0.6) is 5.75 Å². The Morgan fingerprint density at radius 1 is 1.21 bits per heavy atom. The lowest BCUT2D eigenvalue weighted by molar-refractivity contribution is -0.602. The van der Waals surface area contributed by atoms with Gasteiger partial charge in [-0.3, -0.25) is 0 Å². The van der Waals surface area contributed by atoms with Crippen molar-refractivity contribution in [2.24, 2.45) is 0 Å². The average molecular weight is 427 g/mol. The van der Waals surface area contributed by atoms with Gasteiger partial charge >= 0.3 is 12.2 Å². The number of hydrogen-bond donors (Lipinski definition) is 0. The molecule has 0 saturated carbocycles. The fourth-order valence-electron chi connectivity index (χ4n) is 2.80. The molecule has 0 bridgehead atoms. The van der Waals surface area contributed by atoms with Gasteiger partial charge in [-0.2, -0.15) is 0 Å². The van der Waals surface area contributed by atoms with E-state index in [9.17, 15) is 26.8 Å². The molecule has 0 aliphatic heterocycles. The van der Waals surface area contributed by atoms with E-state index in [0.717, 1.165) is 18.3 Å². The molecule has 0 aliphatic rings. The molecule has 0 unspecified atom stereocenters. The molecule has 154 valence electrons. The smallest absolute Gasteiger partial charge is 0.573 e. The lowest BCUT2D eigenvalue weighted by Crippen LogP contribution is -2.35. The highest BCUT2D eigenvalue weighted by molar-refractivity contribution is 7.91. The first kappa shape index (κ1) is 20.6. The second kappa shape index (κ2) is 7.39. The third-order valence-electron chi connectivity index (χ3n) is 4.22. The van der Waals surface area contributed by atoms with E-state index in [2.05, 4.69) is 9.84 Å². The number of rotatable bonds is 5. The lowest BCUT2D eigenvalue weighted by atomic mass is 10.1. The molecular weight excluding hydrogens is 411 g/mol. The van der Waals surface area contributed by atoms with Crippen LogP contribution in [0, 0.1) is 12.1 Å². The molecular formula is C18H16F3N3O4S. The molecule has 2 heterocycles. The van der Waals surface area contributed by atoms with Crippen LogP contribution in [0.1, 0.15) is 12.6 Å². The summed E-state index contributed by atoms with van der Waals surface area (Å²) in [6, 6.07) is 7.79. The number of pyridine rings is 1. The fourth-order valence-corrected chi connectivity index (χ4v) is 3.85. The van der Waals surface area contributed by atoms with Crippen molar-refractivity contribution in [1.82, 2.24) is 9.78 Å². The zero-order valence-corrected chi connectivity index (χ0v) is 16.2. The quantitative estimate of drug-likeness (QED) is 0.461. The van der Waals surface area contributed by atoms with Gasteiger partial charge in [0.2, 0.25) is 0 Å².